The molecule has 0 amide bonds. The Balaban J connectivity index is 1.90. The van der Waals surface area contributed by atoms with Gasteiger partial charge in [-0.1, -0.05) is 41.6 Å². The van der Waals surface area contributed by atoms with Crippen molar-refractivity contribution in [3.8, 4) is 0 Å². The third kappa shape index (κ3) is 4.38. The second-order valence-corrected chi connectivity index (χ2v) is 4.85. The van der Waals surface area contributed by atoms with E-state index in [0.29, 0.717) is 42.5 Å². The summed E-state index contributed by atoms with van der Waals surface area (Å²) in [5.41, 5.74) is 1.72. The van der Waals surface area contributed by atoms with E-state index in [9.17, 15) is 8.78 Å². The first-order chi connectivity index (χ1) is 10.2. The zero-order valence-electron chi connectivity index (χ0n) is 11.6. The van der Waals surface area contributed by atoms with Crippen molar-refractivity contribution in [3.63, 3.8) is 0 Å². The second kappa shape index (κ2) is 7.53. The zero-order valence-corrected chi connectivity index (χ0v) is 11.6. The van der Waals surface area contributed by atoms with Crippen molar-refractivity contribution in [2.45, 2.75) is 25.7 Å². The first-order valence-corrected chi connectivity index (χ1v) is 6.87. The maximum Gasteiger partial charge on any atom is 0.126 e. The van der Waals surface area contributed by atoms with E-state index in [1.165, 1.54) is 12.1 Å². The van der Waals surface area contributed by atoms with E-state index in [0.717, 1.165) is 0 Å². The molecule has 0 saturated heterocycles. The molecule has 21 heavy (non-hydrogen) atoms. The van der Waals surface area contributed by atoms with Gasteiger partial charge in [-0.15, -0.1) is 0 Å². The van der Waals surface area contributed by atoms with E-state index < -0.39 is 0 Å². The van der Waals surface area contributed by atoms with Gasteiger partial charge in [-0.2, -0.15) is 0 Å². The van der Waals surface area contributed by atoms with Crippen molar-refractivity contribution in [3.05, 3.63) is 71.3 Å². The molecule has 4 heteroatoms. The molecule has 0 spiro atoms. The summed E-state index contributed by atoms with van der Waals surface area (Å²) in [7, 11) is 0. The molecule has 0 saturated carbocycles. The van der Waals surface area contributed by atoms with Gasteiger partial charge in [-0.05, 0) is 48.9 Å². The fourth-order valence-electron chi connectivity index (χ4n) is 2.19. The lowest BCUT2D eigenvalue weighted by molar-refractivity contribution is 0.316. The molecule has 2 aromatic rings. The Hall–Kier alpha value is -2.23. The zero-order chi connectivity index (χ0) is 15.1. The smallest absolute Gasteiger partial charge is 0.126 e. The molecule has 0 fully saturated rings. The summed E-state index contributed by atoms with van der Waals surface area (Å²) in [6.07, 6.45) is 1.82. The Labute approximate surface area is 122 Å². The van der Waals surface area contributed by atoms with Crippen LogP contribution in [0.1, 0.15) is 24.0 Å². The van der Waals surface area contributed by atoms with E-state index >= 15 is 0 Å². The van der Waals surface area contributed by atoms with Crippen LogP contribution in [0.2, 0.25) is 0 Å². The standard InChI is InChI=1S/C17H17F2NO/c18-16-7-3-1-5-13(16)9-11-15(20-21)12-10-14-6-2-4-8-17(14)19/h1-8,21H,9-12H2. The van der Waals surface area contributed by atoms with E-state index in [-0.39, 0.29) is 11.6 Å². The molecule has 0 unspecified atom stereocenters. The number of nitrogens with zero attached hydrogens (tertiary/aromatic N) is 1. The highest BCUT2D eigenvalue weighted by molar-refractivity contribution is 5.84. The minimum atomic E-state index is -0.260. The van der Waals surface area contributed by atoms with E-state index in [4.69, 9.17) is 5.21 Å². The van der Waals surface area contributed by atoms with Gasteiger partial charge in [0.2, 0.25) is 0 Å². The van der Waals surface area contributed by atoms with Crippen LogP contribution < -0.4 is 0 Å². The number of oxime groups is 1. The Morgan fingerprint density at radius 3 is 1.62 bits per heavy atom. The third-order valence-electron chi connectivity index (χ3n) is 3.42. The van der Waals surface area contributed by atoms with Crippen LogP contribution in [0.4, 0.5) is 8.78 Å². The molecule has 1 N–H and O–H groups in total. The molecule has 110 valence electrons. The highest BCUT2D eigenvalue weighted by atomic mass is 19.1. The van der Waals surface area contributed by atoms with Gasteiger partial charge in [-0.25, -0.2) is 8.78 Å². The maximum absolute atomic E-state index is 13.5. The Kier molecular flexibility index (Phi) is 5.43. The average Bonchev–Trinajstić information content (AvgIpc) is 2.50. The second-order valence-electron chi connectivity index (χ2n) is 4.85. The molecule has 2 rings (SSSR count). The van der Waals surface area contributed by atoms with Crippen LogP contribution in [-0.4, -0.2) is 10.9 Å². The fraction of sp³-hybridized carbons (Fsp3) is 0.235. The molecule has 0 aliphatic heterocycles. The minimum Gasteiger partial charge on any atom is -0.411 e. The number of benzene rings is 2. The quantitative estimate of drug-likeness (QED) is 0.478. The summed E-state index contributed by atoms with van der Waals surface area (Å²) in [4.78, 5) is 0. The SMILES string of the molecule is ON=C(CCc1ccccc1F)CCc1ccccc1F. The van der Waals surface area contributed by atoms with Gasteiger partial charge in [0.15, 0.2) is 0 Å². The number of hydrogen-bond acceptors (Lipinski definition) is 2. The first-order valence-electron chi connectivity index (χ1n) is 6.87. The van der Waals surface area contributed by atoms with Gasteiger partial charge in [0.25, 0.3) is 0 Å². The Morgan fingerprint density at radius 1 is 0.810 bits per heavy atom. The summed E-state index contributed by atoms with van der Waals surface area (Å²) in [5.74, 6) is -0.521. The van der Waals surface area contributed by atoms with Crippen LogP contribution >= 0.6 is 0 Å². The van der Waals surface area contributed by atoms with E-state index in [2.05, 4.69) is 5.16 Å². The molecule has 0 heterocycles. The normalized spacial score (nSPS) is 10.4. The summed E-state index contributed by atoms with van der Waals surface area (Å²) in [6.45, 7) is 0. The number of aryl methyl sites for hydroxylation is 2. The lowest BCUT2D eigenvalue weighted by atomic mass is 10.0. The molecule has 0 aromatic heterocycles. The molecule has 0 aliphatic carbocycles. The lowest BCUT2D eigenvalue weighted by Gasteiger charge is -2.06. The molecular formula is C17H17F2NO. The van der Waals surface area contributed by atoms with Gasteiger partial charge in [0, 0.05) is 0 Å². The number of rotatable bonds is 6. The van der Waals surface area contributed by atoms with Crippen LogP contribution in [0.25, 0.3) is 0 Å². The van der Waals surface area contributed by atoms with Gasteiger partial charge in [0.1, 0.15) is 11.6 Å². The minimum absolute atomic E-state index is 0.260. The molecule has 2 nitrogen and oxygen atoms in total. The predicted molar refractivity (Wildman–Crippen MR) is 78.7 cm³/mol. The summed E-state index contributed by atoms with van der Waals surface area (Å²) in [5, 5.41) is 12.3. The molecule has 0 radical (unpaired) electrons. The van der Waals surface area contributed by atoms with Crippen molar-refractivity contribution in [2.75, 3.05) is 0 Å². The summed E-state index contributed by atoms with van der Waals surface area (Å²) in [6, 6.07) is 13.1. The van der Waals surface area contributed by atoms with Crippen molar-refractivity contribution in [1.82, 2.24) is 0 Å². The largest absolute Gasteiger partial charge is 0.411 e. The van der Waals surface area contributed by atoms with Crippen molar-refractivity contribution < 1.29 is 14.0 Å². The molecular weight excluding hydrogens is 272 g/mol. The van der Waals surface area contributed by atoms with E-state index in [1.54, 1.807) is 36.4 Å². The Morgan fingerprint density at radius 2 is 1.24 bits per heavy atom. The van der Waals surface area contributed by atoms with Crippen LogP contribution in [0.15, 0.2) is 53.7 Å². The highest BCUT2D eigenvalue weighted by Crippen LogP contribution is 2.13. The van der Waals surface area contributed by atoms with Crippen LogP contribution in [0.5, 0.6) is 0 Å². The summed E-state index contributed by atoms with van der Waals surface area (Å²) >= 11 is 0. The van der Waals surface area contributed by atoms with Gasteiger partial charge >= 0.3 is 0 Å². The Bertz CT molecular complexity index is 574. The van der Waals surface area contributed by atoms with Crippen molar-refractivity contribution >= 4 is 5.71 Å². The van der Waals surface area contributed by atoms with Crippen molar-refractivity contribution in [2.24, 2.45) is 5.16 Å². The molecule has 0 bridgehead atoms. The number of hydrogen-bond donors (Lipinski definition) is 1. The monoisotopic (exact) mass is 289 g/mol. The van der Waals surface area contributed by atoms with Gasteiger partial charge in [-0.3, -0.25) is 0 Å². The topological polar surface area (TPSA) is 32.6 Å². The average molecular weight is 289 g/mol. The number of halogens is 2. The summed E-state index contributed by atoms with van der Waals surface area (Å²) < 4.78 is 27.0. The molecule has 0 atom stereocenters. The van der Waals surface area contributed by atoms with Gasteiger partial charge in [0.05, 0.1) is 5.71 Å². The lowest BCUT2D eigenvalue weighted by Crippen LogP contribution is -2.05. The fourth-order valence-corrected chi connectivity index (χ4v) is 2.19. The third-order valence-corrected chi connectivity index (χ3v) is 3.42. The highest BCUT2D eigenvalue weighted by Gasteiger charge is 2.07. The van der Waals surface area contributed by atoms with Crippen molar-refractivity contribution in [1.29, 1.82) is 0 Å². The van der Waals surface area contributed by atoms with Gasteiger partial charge < -0.3 is 5.21 Å². The maximum atomic E-state index is 13.5. The molecule has 0 aliphatic rings. The van der Waals surface area contributed by atoms with Crippen LogP contribution in [0, 0.1) is 11.6 Å². The molecule has 2 aromatic carbocycles. The van der Waals surface area contributed by atoms with Crippen LogP contribution in [-0.2, 0) is 12.8 Å². The predicted octanol–water partition coefficient (Wildman–Crippen LogP) is 4.36. The van der Waals surface area contributed by atoms with E-state index in [1.807, 2.05) is 0 Å². The first kappa shape index (κ1) is 15.2. The van der Waals surface area contributed by atoms with Crippen LogP contribution in [0.3, 0.4) is 0 Å².